The Balaban J connectivity index is 1.57. The summed E-state index contributed by atoms with van der Waals surface area (Å²) in [5, 5.41) is 9.98. The van der Waals surface area contributed by atoms with Gasteiger partial charge in [-0.2, -0.15) is 0 Å². The third-order valence-electron chi connectivity index (χ3n) is 6.03. The number of amides is 1. The maximum Gasteiger partial charge on any atom is 0.256 e. The van der Waals surface area contributed by atoms with Gasteiger partial charge >= 0.3 is 0 Å². The molecular formula is C23H25N3O2S. The standard InChI is InChI=1S/C23H25N3O2S/c1-13(2)26-11-10-16-18(12-26)29-23-20(16)22(27)24-21(25-23)19-15-7-5-4-6-14(15)8-9-17(19)28-3/h4-9,13,21,25H,10-12H2,1-3H3,(H,24,27). The Labute approximate surface area is 174 Å². The molecule has 0 bridgehead atoms. The Morgan fingerprint density at radius 3 is 2.79 bits per heavy atom. The van der Waals surface area contributed by atoms with Gasteiger partial charge in [-0.3, -0.25) is 9.69 Å². The molecule has 150 valence electrons. The van der Waals surface area contributed by atoms with Crippen LogP contribution < -0.4 is 15.4 Å². The molecular weight excluding hydrogens is 382 g/mol. The highest BCUT2D eigenvalue weighted by molar-refractivity contribution is 7.16. The molecule has 6 heteroatoms. The Morgan fingerprint density at radius 2 is 2.00 bits per heavy atom. The lowest BCUT2D eigenvalue weighted by Crippen LogP contribution is -2.39. The molecule has 3 aromatic rings. The van der Waals surface area contributed by atoms with Crippen molar-refractivity contribution in [1.82, 2.24) is 10.2 Å². The second-order valence-corrected chi connectivity index (χ2v) is 9.08. The molecule has 0 aliphatic carbocycles. The lowest BCUT2D eigenvalue weighted by molar-refractivity contribution is 0.0934. The van der Waals surface area contributed by atoms with Gasteiger partial charge in [0.2, 0.25) is 0 Å². The summed E-state index contributed by atoms with van der Waals surface area (Å²) < 4.78 is 5.66. The molecule has 3 heterocycles. The number of nitrogens with one attached hydrogen (secondary N) is 2. The maximum absolute atomic E-state index is 13.2. The summed E-state index contributed by atoms with van der Waals surface area (Å²) >= 11 is 1.73. The third-order valence-corrected chi connectivity index (χ3v) is 7.18. The predicted molar refractivity (Wildman–Crippen MR) is 118 cm³/mol. The topological polar surface area (TPSA) is 53.6 Å². The van der Waals surface area contributed by atoms with Crippen molar-refractivity contribution in [2.45, 2.75) is 39.0 Å². The largest absolute Gasteiger partial charge is 0.496 e. The molecule has 5 rings (SSSR count). The fourth-order valence-corrected chi connectivity index (χ4v) is 5.77. The van der Waals surface area contributed by atoms with Crippen molar-refractivity contribution in [2.75, 3.05) is 19.0 Å². The minimum absolute atomic E-state index is 0.00855. The summed E-state index contributed by atoms with van der Waals surface area (Å²) in [5.74, 6) is 0.784. The molecule has 0 spiro atoms. The molecule has 2 N–H and O–H groups in total. The van der Waals surface area contributed by atoms with Crippen molar-refractivity contribution >= 4 is 33.0 Å². The van der Waals surface area contributed by atoms with Gasteiger partial charge in [0, 0.05) is 29.6 Å². The Kier molecular flexibility index (Phi) is 4.48. The van der Waals surface area contributed by atoms with Crippen molar-refractivity contribution in [3.8, 4) is 5.75 Å². The Bertz CT molecular complexity index is 1100. The molecule has 0 saturated carbocycles. The minimum Gasteiger partial charge on any atom is -0.496 e. The monoisotopic (exact) mass is 407 g/mol. The van der Waals surface area contributed by atoms with E-state index in [2.05, 4.69) is 47.6 Å². The van der Waals surface area contributed by atoms with E-state index in [9.17, 15) is 4.79 Å². The van der Waals surface area contributed by atoms with Crippen LogP contribution in [0, 0.1) is 0 Å². The molecule has 1 unspecified atom stereocenters. The number of ether oxygens (including phenoxy) is 1. The van der Waals surface area contributed by atoms with Crippen molar-refractivity contribution < 1.29 is 9.53 Å². The molecule has 1 atom stereocenters. The summed E-state index contributed by atoms with van der Waals surface area (Å²) in [6.07, 6.45) is 0.605. The van der Waals surface area contributed by atoms with Gasteiger partial charge in [-0.25, -0.2) is 0 Å². The number of hydrogen-bond donors (Lipinski definition) is 2. The molecule has 29 heavy (non-hydrogen) atoms. The number of rotatable bonds is 3. The fourth-order valence-electron chi connectivity index (χ4n) is 4.47. The molecule has 0 fully saturated rings. The van der Waals surface area contributed by atoms with Crippen molar-refractivity contribution in [1.29, 1.82) is 0 Å². The van der Waals surface area contributed by atoms with E-state index in [4.69, 9.17) is 4.74 Å². The van der Waals surface area contributed by atoms with E-state index >= 15 is 0 Å². The van der Waals surface area contributed by atoms with Gasteiger partial charge in [0.15, 0.2) is 0 Å². The van der Waals surface area contributed by atoms with Gasteiger partial charge in [-0.1, -0.05) is 30.3 Å². The normalized spacial score (nSPS) is 18.9. The highest BCUT2D eigenvalue weighted by Crippen LogP contribution is 2.43. The molecule has 0 radical (unpaired) electrons. The van der Waals surface area contributed by atoms with Crippen LogP contribution in [0.25, 0.3) is 10.8 Å². The fraction of sp³-hybridized carbons (Fsp3) is 0.348. The van der Waals surface area contributed by atoms with E-state index in [0.717, 1.165) is 52.2 Å². The molecule has 5 nitrogen and oxygen atoms in total. The van der Waals surface area contributed by atoms with Crippen molar-refractivity contribution in [3.05, 3.63) is 58.0 Å². The number of carbonyl (C=O) groups is 1. The Hall–Kier alpha value is -2.57. The Morgan fingerprint density at radius 1 is 1.17 bits per heavy atom. The first-order valence-corrected chi connectivity index (χ1v) is 10.9. The number of benzene rings is 2. The summed E-state index contributed by atoms with van der Waals surface area (Å²) in [4.78, 5) is 16.9. The van der Waals surface area contributed by atoms with Gasteiger partial charge in [-0.15, -0.1) is 11.3 Å². The summed E-state index contributed by atoms with van der Waals surface area (Å²) in [6.45, 7) is 6.38. The second kappa shape index (κ2) is 7.04. The zero-order chi connectivity index (χ0) is 20.1. The number of hydrogen-bond acceptors (Lipinski definition) is 5. The van der Waals surface area contributed by atoms with Gasteiger partial charge in [-0.05, 0) is 42.7 Å². The van der Waals surface area contributed by atoms with Crippen LogP contribution in [0.1, 0.15) is 46.4 Å². The number of fused-ring (bicyclic) bond motifs is 4. The van der Waals surface area contributed by atoms with Crippen LogP contribution in [0.2, 0.25) is 0 Å². The van der Waals surface area contributed by atoms with E-state index in [1.807, 2.05) is 18.2 Å². The van der Waals surface area contributed by atoms with Crippen molar-refractivity contribution in [3.63, 3.8) is 0 Å². The predicted octanol–water partition coefficient (Wildman–Crippen LogP) is 4.53. The highest BCUT2D eigenvalue weighted by Gasteiger charge is 2.35. The molecule has 1 amide bonds. The number of nitrogens with zero attached hydrogens (tertiary/aromatic N) is 1. The quantitative estimate of drug-likeness (QED) is 0.670. The van der Waals surface area contributed by atoms with Gasteiger partial charge < -0.3 is 15.4 Å². The first-order valence-electron chi connectivity index (χ1n) is 10.1. The highest BCUT2D eigenvalue weighted by atomic mass is 32.1. The molecule has 0 saturated heterocycles. The summed E-state index contributed by atoms with van der Waals surface area (Å²) in [7, 11) is 1.67. The maximum atomic E-state index is 13.2. The number of methoxy groups -OCH3 is 1. The average Bonchev–Trinajstić information content (AvgIpc) is 3.10. The zero-order valence-corrected chi connectivity index (χ0v) is 17.7. The van der Waals surface area contributed by atoms with Crippen molar-refractivity contribution in [2.24, 2.45) is 0 Å². The van der Waals surface area contributed by atoms with Crippen LogP contribution in [-0.2, 0) is 13.0 Å². The smallest absolute Gasteiger partial charge is 0.256 e. The first-order chi connectivity index (χ1) is 14.1. The van der Waals surface area contributed by atoms with Crippen LogP contribution in [0.4, 0.5) is 5.00 Å². The SMILES string of the molecule is COc1ccc2ccccc2c1C1NC(=O)c2c(sc3c2CCN(C(C)C)C3)N1. The summed E-state index contributed by atoms with van der Waals surface area (Å²) in [6, 6.07) is 12.7. The minimum atomic E-state index is -0.322. The van der Waals surface area contributed by atoms with E-state index in [1.54, 1.807) is 18.4 Å². The number of carbonyl (C=O) groups excluding carboxylic acids is 1. The van der Waals surface area contributed by atoms with E-state index in [0.29, 0.717) is 6.04 Å². The summed E-state index contributed by atoms with van der Waals surface area (Å²) in [5.41, 5.74) is 3.03. The van der Waals surface area contributed by atoms with E-state index in [1.165, 1.54) is 10.4 Å². The molecule has 2 aliphatic heterocycles. The lowest BCUT2D eigenvalue weighted by Gasteiger charge is -2.31. The molecule has 2 aromatic carbocycles. The lowest BCUT2D eigenvalue weighted by atomic mass is 9.97. The van der Waals surface area contributed by atoms with Crippen LogP contribution in [0.3, 0.4) is 0 Å². The van der Waals surface area contributed by atoms with Crippen LogP contribution in [0.5, 0.6) is 5.75 Å². The third kappa shape index (κ3) is 2.98. The number of anilines is 1. The van der Waals surface area contributed by atoms with Crippen LogP contribution in [0.15, 0.2) is 36.4 Å². The van der Waals surface area contributed by atoms with E-state index in [-0.39, 0.29) is 12.1 Å². The van der Waals surface area contributed by atoms with Crippen LogP contribution in [-0.4, -0.2) is 30.5 Å². The second-order valence-electron chi connectivity index (χ2n) is 7.98. The molecule has 2 aliphatic rings. The van der Waals surface area contributed by atoms with Gasteiger partial charge in [0.05, 0.1) is 12.7 Å². The van der Waals surface area contributed by atoms with E-state index < -0.39 is 0 Å². The zero-order valence-electron chi connectivity index (χ0n) is 16.9. The molecule has 1 aromatic heterocycles. The average molecular weight is 408 g/mol. The van der Waals surface area contributed by atoms with Gasteiger partial charge in [0.1, 0.15) is 16.9 Å². The number of thiophene rings is 1. The first kappa shape index (κ1) is 18.5. The van der Waals surface area contributed by atoms with Gasteiger partial charge in [0.25, 0.3) is 5.91 Å². The van der Waals surface area contributed by atoms with Crippen LogP contribution >= 0.6 is 11.3 Å².